The van der Waals surface area contributed by atoms with Gasteiger partial charge in [0.05, 0.1) is 13.2 Å². The normalized spacial score (nSPS) is 10.2. The minimum Gasteiger partial charge on any atom is -0.490 e. The van der Waals surface area contributed by atoms with Crippen LogP contribution in [0.4, 0.5) is 0 Å². The molecule has 0 fully saturated rings. The molecule has 24 heavy (non-hydrogen) atoms. The number of ether oxygens (including phenoxy) is 2. The van der Waals surface area contributed by atoms with Crippen LogP contribution < -0.4 is 14.8 Å². The van der Waals surface area contributed by atoms with Gasteiger partial charge in [0, 0.05) is 30.4 Å². The number of aromatic nitrogens is 1. The van der Waals surface area contributed by atoms with E-state index >= 15 is 0 Å². The summed E-state index contributed by atoms with van der Waals surface area (Å²) in [5.74, 6) is 1.14. The zero-order valence-electron chi connectivity index (χ0n) is 14.2. The standard InChI is InChI=1S/C19H24N2O3/c1-3-13-24-17-9-8-15(14-18(17)23-4-2)19(22)21-12-10-16-7-5-6-11-20-16/h5-9,11,14H,3-4,10,12-13H2,1-2H3,(H,21,22). The van der Waals surface area contributed by atoms with Gasteiger partial charge in [-0.3, -0.25) is 9.78 Å². The molecule has 0 saturated carbocycles. The number of pyridine rings is 1. The van der Waals surface area contributed by atoms with Gasteiger partial charge in [0.2, 0.25) is 0 Å². The van der Waals surface area contributed by atoms with E-state index in [0.717, 1.165) is 12.1 Å². The van der Waals surface area contributed by atoms with Crippen molar-refractivity contribution in [3.63, 3.8) is 0 Å². The molecule has 0 bridgehead atoms. The minimum absolute atomic E-state index is 0.131. The van der Waals surface area contributed by atoms with Crippen molar-refractivity contribution < 1.29 is 14.3 Å². The summed E-state index contributed by atoms with van der Waals surface area (Å²) in [7, 11) is 0. The van der Waals surface area contributed by atoms with Gasteiger partial charge in [-0.05, 0) is 43.7 Å². The highest BCUT2D eigenvalue weighted by atomic mass is 16.5. The molecule has 0 spiro atoms. The Morgan fingerprint density at radius 3 is 2.71 bits per heavy atom. The summed E-state index contributed by atoms with van der Waals surface area (Å²) in [5.41, 5.74) is 1.51. The summed E-state index contributed by atoms with van der Waals surface area (Å²) in [6, 6.07) is 11.0. The van der Waals surface area contributed by atoms with Crippen molar-refractivity contribution >= 4 is 5.91 Å². The van der Waals surface area contributed by atoms with Gasteiger partial charge in [-0.25, -0.2) is 0 Å². The summed E-state index contributed by atoms with van der Waals surface area (Å²) >= 11 is 0. The van der Waals surface area contributed by atoms with E-state index in [1.54, 1.807) is 24.4 Å². The average Bonchev–Trinajstić information content (AvgIpc) is 2.61. The van der Waals surface area contributed by atoms with Gasteiger partial charge in [-0.15, -0.1) is 0 Å². The first-order valence-corrected chi connectivity index (χ1v) is 8.32. The molecule has 0 saturated heterocycles. The fraction of sp³-hybridized carbons (Fsp3) is 0.368. The number of hydrogen-bond acceptors (Lipinski definition) is 4. The number of benzene rings is 1. The minimum atomic E-state index is -0.131. The summed E-state index contributed by atoms with van der Waals surface area (Å²) in [6.45, 7) is 5.63. The van der Waals surface area contributed by atoms with Crippen LogP contribution in [0.25, 0.3) is 0 Å². The van der Waals surface area contributed by atoms with E-state index in [-0.39, 0.29) is 5.91 Å². The zero-order valence-corrected chi connectivity index (χ0v) is 14.2. The molecule has 0 aliphatic rings. The van der Waals surface area contributed by atoms with E-state index in [4.69, 9.17) is 9.47 Å². The van der Waals surface area contributed by atoms with Gasteiger partial charge in [0.25, 0.3) is 5.91 Å². The van der Waals surface area contributed by atoms with Gasteiger partial charge in [-0.1, -0.05) is 13.0 Å². The Labute approximate surface area is 143 Å². The van der Waals surface area contributed by atoms with Crippen LogP contribution in [-0.2, 0) is 6.42 Å². The van der Waals surface area contributed by atoms with Crippen LogP contribution in [0, 0.1) is 0 Å². The highest BCUT2D eigenvalue weighted by Gasteiger charge is 2.11. The van der Waals surface area contributed by atoms with Gasteiger partial charge in [0.1, 0.15) is 0 Å². The number of rotatable bonds is 9. The average molecular weight is 328 g/mol. The van der Waals surface area contributed by atoms with E-state index in [1.807, 2.05) is 32.0 Å². The number of amides is 1. The molecule has 2 rings (SSSR count). The van der Waals surface area contributed by atoms with Gasteiger partial charge in [0.15, 0.2) is 11.5 Å². The third-order valence-electron chi connectivity index (χ3n) is 3.36. The SMILES string of the molecule is CCCOc1ccc(C(=O)NCCc2ccccn2)cc1OCC. The molecule has 0 radical (unpaired) electrons. The summed E-state index contributed by atoms with van der Waals surface area (Å²) < 4.78 is 11.2. The Morgan fingerprint density at radius 1 is 1.12 bits per heavy atom. The van der Waals surface area contributed by atoms with E-state index in [1.165, 1.54) is 0 Å². The number of carbonyl (C=O) groups excluding carboxylic acids is 1. The molecule has 1 amide bonds. The largest absolute Gasteiger partial charge is 0.490 e. The fourth-order valence-corrected chi connectivity index (χ4v) is 2.20. The summed E-state index contributed by atoms with van der Waals surface area (Å²) in [6.07, 6.45) is 3.37. The lowest BCUT2D eigenvalue weighted by atomic mass is 10.2. The maximum atomic E-state index is 12.3. The number of nitrogens with one attached hydrogen (secondary N) is 1. The molecule has 5 nitrogen and oxygen atoms in total. The molecule has 1 aromatic carbocycles. The second kappa shape index (κ2) is 9.55. The highest BCUT2D eigenvalue weighted by Crippen LogP contribution is 2.28. The topological polar surface area (TPSA) is 60.5 Å². The van der Waals surface area contributed by atoms with Crippen molar-refractivity contribution in [3.05, 3.63) is 53.9 Å². The zero-order chi connectivity index (χ0) is 17.2. The number of hydrogen-bond donors (Lipinski definition) is 1. The molecule has 128 valence electrons. The molecule has 0 atom stereocenters. The van der Waals surface area contributed by atoms with E-state index in [2.05, 4.69) is 10.3 Å². The van der Waals surface area contributed by atoms with Crippen LogP contribution in [0.15, 0.2) is 42.6 Å². The number of carbonyl (C=O) groups is 1. The Bertz CT molecular complexity index is 644. The summed E-state index contributed by atoms with van der Waals surface area (Å²) in [5, 5.41) is 2.90. The van der Waals surface area contributed by atoms with Crippen LogP contribution in [-0.4, -0.2) is 30.6 Å². The molecule has 0 unspecified atom stereocenters. The first-order chi connectivity index (χ1) is 11.7. The van der Waals surface area contributed by atoms with Crippen LogP contribution in [0.2, 0.25) is 0 Å². The molecule has 2 aromatic rings. The van der Waals surface area contributed by atoms with Crippen LogP contribution >= 0.6 is 0 Å². The van der Waals surface area contributed by atoms with Crippen molar-refractivity contribution in [2.24, 2.45) is 0 Å². The third kappa shape index (κ3) is 5.26. The lowest BCUT2D eigenvalue weighted by molar-refractivity contribution is 0.0953. The Hall–Kier alpha value is -2.56. The van der Waals surface area contributed by atoms with E-state index in [0.29, 0.717) is 43.2 Å². The predicted octanol–water partition coefficient (Wildman–Crippen LogP) is 3.24. The van der Waals surface area contributed by atoms with Crippen molar-refractivity contribution in [2.75, 3.05) is 19.8 Å². The van der Waals surface area contributed by atoms with E-state index in [9.17, 15) is 4.79 Å². The quantitative estimate of drug-likeness (QED) is 0.767. The fourth-order valence-electron chi connectivity index (χ4n) is 2.20. The molecule has 1 heterocycles. The second-order valence-corrected chi connectivity index (χ2v) is 5.27. The van der Waals surface area contributed by atoms with Gasteiger partial charge in [-0.2, -0.15) is 0 Å². The molecule has 1 aromatic heterocycles. The van der Waals surface area contributed by atoms with Gasteiger partial charge >= 0.3 is 0 Å². The molecule has 0 aliphatic heterocycles. The number of nitrogens with zero attached hydrogens (tertiary/aromatic N) is 1. The van der Waals surface area contributed by atoms with Crippen molar-refractivity contribution in [3.8, 4) is 11.5 Å². The first-order valence-electron chi connectivity index (χ1n) is 8.32. The van der Waals surface area contributed by atoms with Crippen LogP contribution in [0.5, 0.6) is 11.5 Å². The van der Waals surface area contributed by atoms with Gasteiger partial charge < -0.3 is 14.8 Å². The van der Waals surface area contributed by atoms with Crippen LogP contribution in [0.1, 0.15) is 36.3 Å². The Morgan fingerprint density at radius 2 is 2.00 bits per heavy atom. The first kappa shape index (κ1) is 17.8. The lowest BCUT2D eigenvalue weighted by Crippen LogP contribution is -2.25. The van der Waals surface area contributed by atoms with Crippen molar-refractivity contribution in [1.29, 1.82) is 0 Å². The molecular formula is C19H24N2O3. The Balaban J connectivity index is 1.96. The monoisotopic (exact) mass is 328 g/mol. The van der Waals surface area contributed by atoms with E-state index < -0.39 is 0 Å². The maximum absolute atomic E-state index is 12.3. The highest BCUT2D eigenvalue weighted by molar-refractivity contribution is 5.94. The summed E-state index contributed by atoms with van der Waals surface area (Å²) in [4.78, 5) is 16.5. The molecular weight excluding hydrogens is 304 g/mol. The molecule has 1 N–H and O–H groups in total. The second-order valence-electron chi connectivity index (χ2n) is 5.27. The Kier molecular flexibility index (Phi) is 7.08. The predicted molar refractivity (Wildman–Crippen MR) is 93.7 cm³/mol. The smallest absolute Gasteiger partial charge is 0.251 e. The third-order valence-corrected chi connectivity index (χ3v) is 3.36. The van der Waals surface area contributed by atoms with Crippen LogP contribution in [0.3, 0.4) is 0 Å². The van der Waals surface area contributed by atoms with Crippen molar-refractivity contribution in [1.82, 2.24) is 10.3 Å². The van der Waals surface area contributed by atoms with Crippen molar-refractivity contribution in [2.45, 2.75) is 26.7 Å². The molecule has 0 aliphatic carbocycles. The lowest BCUT2D eigenvalue weighted by Gasteiger charge is -2.13. The molecule has 5 heteroatoms. The maximum Gasteiger partial charge on any atom is 0.251 e.